The van der Waals surface area contributed by atoms with Crippen LogP contribution in [-0.4, -0.2) is 47.6 Å². The minimum Gasteiger partial charge on any atom is -0.460 e. The lowest BCUT2D eigenvalue weighted by atomic mass is 10.1. The van der Waals surface area contributed by atoms with Gasteiger partial charge in [-0.25, -0.2) is 0 Å². The van der Waals surface area contributed by atoms with Crippen molar-refractivity contribution in [2.24, 2.45) is 0 Å². The highest BCUT2D eigenvalue weighted by molar-refractivity contribution is 5.81. The van der Waals surface area contributed by atoms with Gasteiger partial charge in [0.15, 0.2) is 0 Å². The molecule has 0 saturated carbocycles. The van der Waals surface area contributed by atoms with Crippen LogP contribution in [0.1, 0.15) is 52.9 Å². The number of rotatable bonds is 4. The maximum Gasteiger partial charge on any atom is 0.306 e. The third-order valence-electron chi connectivity index (χ3n) is 3.93. The van der Waals surface area contributed by atoms with E-state index in [4.69, 9.17) is 4.74 Å². The Morgan fingerprint density at radius 3 is 2.65 bits per heavy atom. The largest absolute Gasteiger partial charge is 0.460 e. The van der Waals surface area contributed by atoms with Gasteiger partial charge in [0.2, 0.25) is 5.91 Å². The maximum absolute atomic E-state index is 11.9. The molecule has 114 valence electrons. The number of nitrogens with one attached hydrogen (secondary N) is 1. The van der Waals surface area contributed by atoms with E-state index in [0.717, 1.165) is 19.5 Å². The normalized spacial score (nSPS) is 26.4. The van der Waals surface area contributed by atoms with Crippen molar-refractivity contribution < 1.29 is 14.3 Å². The molecule has 2 saturated heterocycles. The number of ether oxygens (including phenoxy) is 1. The minimum absolute atomic E-state index is 0.0328. The Morgan fingerprint density at radius 2 is 1.95 bits per heavy atom. The van der Waals surface area contributed by atoms with Crippen LogP contribution in [0.4, 0.5) is 0 Å². The molecule has 5 nitrogen and oxygen atoms in total. The van der Waals surface area contributed by atoms with E-state index < -0.39 is 5.60 Å². The molecule has 2 atom stereocenters. The van der Waals surface area contributed by atoms with Gasteiger partial charge in [-0.05, 0) is 46.6 Å². The molecule has 1 N–H and O–H groups in total. The first-order valence-corrected chi connectivity index (χ1v) is 7.60. The smallest absolute Gasteiger partial charge is 0.306 e. The van der Waals surface area contributed by atoms with Gasteiger partial charge in [-0.1, -0.05) is 0 Å². The van der Waals surface area contributed by atoms with Crippen molar-refractivity contribution in [1.82, 2.24) is 10.2 Å². The second kappa shape index (κ2) is 6.12. The van der Waals surface area contributed by atoms with Crippen molar-refractivity contribution in [2.75, 3.05) is 13.1 Å². The number of fused-ring (bicyclic) bond motifs is 1. The summed E-state index contributed by atoms with van der Waals surface area (Å²) in [5.74, 6) is -0.337. The van der Waals surface area contributed by atoms with Crippen molar-refractivity contribution in [2.45, 2.75) is 70.6 Å². The molecule has 2 heterocycles. The van der Waals surface area contributed by atoms with Crippen molar-refractivity contribution in [3.05, 3.63) is 0 Å². The third kappa shape index (κ3) is 4.20. The SMILES string of the molecule is CC(C)(C)OC(=O)CCC(=O)NC1CCN2CCCC12. The second-order valence-corrected chi connectivity index (χ2v) is 6.79. The van der Waals surface area contributed by atoms with Gasteiger partial charge in [-0.2, -0.15) is 0 Å². The Balaban J connectivity index is 1.69. The fourth-order valence-electron chi connectivity index (χ4n) is 3.14. The van der Waals surface area contributed by atoms with Gasteiger partial charge >= 0.3 is 5.97 Å². The van der Waals surface area contributed by atoms with Crippen LogP contribution < -0.4 is 5.32 Å². The average molecular weight is 282 g/mol. The van der Waals surface area contributed by atoms with Crippen LogP contribution >= 0.6 is 0 Å². The molecule has 0 radical (unpaired) electrons. The number of nitrogens with zero attached hydrogens (tertiary/aromatic N) is 1. The summed E-state index contributed by atoms with van der Waals surface area (Å²) in [6.07, 6.45) is 3.82. The van der Waals surface area contributed by atoms with E-state index >= 15 is 0 Å². The first-order chi connectivity index (χ1) is 9.35. The Labute approximate surface area is 121 Å². The summed E-state index contributed by atoms with van der Waals surface area (Å²) in [6, 6.07) is 0.782. The van der Waals surface area contributed by atoms with Crippen LogP contribution in [0, 0.1) is 0 Å². The van der Waals surface area contributed by atoms with E-state index in [1.165, 1.54) is 12.8 Å². The number of carbonyl (C=O) groups is 2. The first-order valence-electron chi connectivity index (χ1n) is 7.60. The first kappa shape index (κ1) is 15.3. The summed E-state index contributed by atoms with van der Waals surface area (Å²) in [5, 5.41) is 3.08. The molecule has 1 amide bonds. The molecule has 20 heavy (non-hydrogen) atoms. The average Bonchev–Trinajstić information content (AvgIpc) is 2.89. The molecule has 2 aliphatic rings. The van der Waals surface area contributed by atoms with E-state index in [2.05, 4.69) is 10.2 Å². The fraction of sp³-hybridized carbons (Fsp3) is 0.867. The van der Waals surface area contributed by atoms with E-state index in [1.54, 1.807) is 0 Å². The lowest BCUT2D eigenvalue weighted by molar-refractivity contribution is -0.155. The molecule has 2 unspecified atom stereocenters. The summed E-state index contributed by atoms with van der Waals surface area (Å²) in [5.41, 5.74) is -0.483. The number of carbonyl (C=O) groups excluding carboxylic acids is 2. The highest BCUT2D eigenvalue weighted by Gasteiger charge is 2.37. The quantitative estimate of drug-likeness (QED) is 0.793. The highest BCUT2D eigenvalue weighted by atomic mass is 16.6. The third-order valence-corrected chi connectivity index (χ3v) is 3.93. The van der Waals surface area contributed by atoms with Crippen molar-refractivity contribution >= 4 is 11.9 Å². The predicted octanol–water partition coefficient (Wildman–Crippen LogP) is 1.46. The zero-order chi connectivity index (χ0) is 14.8. The predicted molar refractivity (Wildman–Crippen MR) is 76.2 cm³/mol. The molecule has 5 heteroatoms. The lowest BCUT2D eigenvalue weighted by Crippen LogP contribution is -2.42. The second-order valence-electron chi connectivity index (χ2n) is 6.79. The van der Waals surface area contributed by atoms with Crippen molar-refractivity contribution in [3.63, 3.8) is 0 Å². The van der Waals surface area contributed by atoms with Crippen LogP contribution in [0.2, 0.25) is 0 Å². The summed E-state index contributed by atoms with van der Waals surface area (Å²) < 4.78 is 5.20. The summed E-state index contributed by atoms with van der Waals surface area (Å²) in [6.45, 7) is 7.74. The van der Waals surface area contributed by atoms with E-state index in [1.807, 2.05) is 20.8 Å². The monoisotopic (exact) mass is 282 g/mol. The summed E-state index contributed by atoms with van der Waals surface area (Å²) >= 11 is 0. The van der Waals surface area contributed by atoms with Gasteiger partial charge in [0.1, 0.15) is 5.60 Å². The molecule has 0 aliphatic carbocycles. The van der Waals surface area contributed by atoms with E-state index in [9.17, 15) is 9.59 Å². The highest BCUT2D eigenvalue weighted by Crippen LogP contribution is 2.27. The van der Waals surface area contributed by atoms with E-state index in [0.29, 0.717) is 6.04 Å². The van der Waals surface area contributed by atoms with Gasteiger partial charge in [0, 0.05) is 25.0 Å². The molecule has 2 aliphatic heterocycles. The number of hydrogen-bond donors (Lipinski definition) is 1. The van der Waals surface area contributed by atoms with Gasteiger partial charge < -0.3 is 10.1 Å². The lowest BCUT2D eigenvalue weighted by Gasteiger charge is -2.22. The standard InChI is InChI=1S/C15H26N2O3/c1-15(2,3)20-14(19)7-6-13(18)16-11-8-10-17-9-4-5-12(11)17/h11-12H,4-10H2,1-3H3,(H,16,18). The molecule has 2 rings (SSSR count). The number of hydrogen-bond acceptors (Lipinski definition) is 4. The Bertz CT molecular complexity index is 376. The van der Waals surface area contributed by atoms with Crippen LogP contribution in [0.25, 0.3) is 0 Å². The van der Waals surface area contributed by atoms with Gasteiger partial charge in [0.05, 0.1) is 6.42 Å². The molecular formula is C15H26N2O3. The molecule has 0 aromatic rings. The summed E-state index contributed by atoms with van der Waals surface area (Å²) in [4.78, 5) is 25.9. The minimum atomic E-state index is -0.483. The zero-order valence-electron chi connectivity index (χ0n) is 12.8. The number of amides is 1. The topological polar surface area (TPSA) is 58.6 Å². The fourth-order valence-corrected chi connectivity index (χ4v) is 3.14. The van der Waals surface area contributed by atoms with E-state index in [-0.39, 0.29) is 30.8 Å². The molecule has 0 bridgehead atoms. The van der Waals surface area contributed by atoms with Crippen LogP contribution in [0.15, 0.2) is 0 Å². The van der Waals surface area contributed by atoms with Crippen LogP contribution in [0.5, 0.6) is 0 Å². The zero-order valence-corrected chi connectivity index (χ0v) is 12.8. The maximum atomic E-state index is 11.9. The Morgan fingerprint density at radius 1 is 1.20 bits per heavy atom. The molecule has 2 fully saturated rings. The van der Waals surface area contributed by atoms with Crippen LogP contribution in [-0.2, 0) is 14.3 Å². The van der Waals surface area contributed by atoms with Crippen LogP contribution in [0.3, 0.4) is 0 Å². The molecular weight excluding hydrogens is 256 g/mol. The van der Waals surface area contributed by atoms with Gasteiger partial charge in [0.25, 0.3) is 0 Å². The Hall–Kier alpha value is -1.10. The Kier molecular flexibility index (Phi) is 4.68. The van der Waals surface area contributed by atoms with Crippen molar-refractivity contribution in [1.29, 1.82) is 0 Å². The molecule has 0 aromatic carbocycles. The van der Waals surface area contributed by atoms with Crippen molar-refractivity contribution in [3.8, 4) is 0 Å². The van der Waals surface area contributed by atoms with Gasteiger partial charge in [-0.3, -0.25) is 14.5 Å². The molecule has 0 spiro atoms. The summed E-state index contributed by atoms with van der Waals surface area (Å²) in [7, 11) is 0. The molecule has 0 aromatic heterocycles. The van der Waals surface area contributed by atoms with Gasteiger partial charge in [-0.15, -0.1) is 0 Å². The number of esters is 1.